The number of hydrogen-bond acceptors (Lipinski definition) is 3. The Hall–Kier alpha value is -1.14. The molecular formula is C18H25NOS. The number of hydrogen-bond donors (Lipinski definition) is 1. The maximum absolute atomic E-state index is 9.02. The maximum atomic E-state index is 9.02. The molecule has 2 rings (SSSR count). The van der Waals surface area contributed by atoms with Crippen molar-refractivity contribution in [3.8, 4) is 11.8 Å². The van der Waals surface area contributed by atoms with E-state index in [0.717, 1.165) is 29.2 Å². The molecule has 1 aromatic rings. The van der Waals surface area contributed by atoms with Crippen LogP contribution < -0.4 is 4.74 Å². The molecule has 114 valence electrons. The number of rotatable bonds is 4. The van der Waals surface area contributed by atoms with E-state index in [0.29, 0.717) is 5.56 Å². The topological polar surface area (TPSA) is 33.0 Å². The molecule has 0 N–H and O–H groups in total. The Bertz CT molecular complexity index is 502. The molecule has 0 bridgehead atoms. The molecule has 0 atom stereocenters. The summed E-state index contributed by atoms with van der Waals surface area (Å²) in [4.78, 5) is 0. The summed E-state index contributed by atoms with van der Waals surface area (Å²) in [6.07, 6.45) is 7.68. The molecule has 0 heterocycles. The number of nitriles is 1. The van der Waals surface area contributed by atoms with E-state index in [1.165, 1.54) is 38.5 Å². The van der Waals surface area contributed by atoms with Gasteiger partial charge in [0, 0.05) is 5.41 Å². The zero-order chi connectivity index (χ0) is 15.3. The summed E-state index contributed by atoms with van der Waals surface area (Å²) < 4.78 is 6.20. The van der Waals surface area contributed by atoms with E-state index in [2.05, 4.69) is 18.7 Å². The lowest BCUT2D eigenvalue weighted by Gasteiger charge is -2.31. The van der Waals surface area contributed by atoms with Gasteiger partial charge in [-0.15, -0.1) is 0 Å². The van der Waals surface area contributed by atoms with Crippen molar-refractivity contribution in [1.29, 1.82) is 5.26 Å². The highest BCUT2D eigenvalue weighted by Crippen LogP contribution is 2.37. The van der Waals surface area contributed by atoms with Crippen LogP contribution in [0.15, 0.2) is 12.1 Å². The Kier molecular flexibility index (Phi) is 5.58. The minimum Gasteiger partial charge on any atom is -0.492 e. The van der Waals surface area contributed by atoms with Gasteiger partial charge >= 0.3 is 0 Å². The normalized spacial score (nSPS) is 17.8. The first-order valence-corrected chi connectivity index (χ1v) is 8.48. The van der Waals surface area contributed by atoms with Gasteiger partial charge in [0.1, 0.15) is 5.75 Å². The second-order valence-electron chi connectivity index (χ2n) is 6.41. The molecule has 0 spiro atoms. The van der Waals surface area contributed by atoms with Crippen molar-refractivity contribution >= 4 is 12.6 Å². The largest absolute Gasteiger partial charge is 0.492 e. The summed E-state index contributed by atoms with van der Waals surface area (Å²) >= 11 is 4.60. The first-order valence-electron chi connectivity index (χ1n) is 7.85. The molecule has 0 aromatic heterocycles. The second kappa shape index (κ2) is 7.22. The van der Waals surface area contributed by atoms with Crippen molar-refractivity contribution in [2.24, 2.45) is 5.41 Å². The van der Waals surface area contributed by atoms with Crippen LogP contribution in [-0.4, -0.2) is 12.4 Å². The van der Waals surface area contributed by atoms with Gasteiger partial charge in [-0.1, -0.05) is 25.7 Å². The van der Waals surface area contributed by atoms with Crippen molar-refractivity contribution < 1.29 is 4.74 Å². The third-order valence-electron chi connectivity index (χ3n) is 4.61. The summed E-state index contributed by atoms with van der Waals surface area (Å²) in [5.41, 5.74) is 3.02. The zero-order valence-electron chi connectivity index (χ0n) is 13.1. The summed E-state index contributed by atoms with van der Waals surface area (Å²) in [6, 6.07) is 6.01. The van der Waals surface area contributed by atoms with Crippen LogP contribution in [0.4, 0.5) is 0 Å². The molecule has 0 amide bonds. The quantitative estimate of drug-likeness (QED) is 0.638. The third kappa shape index (κ3) is 3.95. The number of nitrogens with zero attached hydrogens (tertiary/aromatic N) is 1. The molecule has 0 radical (unpaired) electrons. The maximum Gasteiger partial charge on any atom is 0.125 e. The average molecular weight is 303 g/mol. The van der Waals surface area contributed by atoms with Crippen LogP contribution in [0.5, 0.6) is 5.75 Å². The number of benzene rings is 1. The third-order valence-corrected chi connectivity index (χ3v) is 5.28. The summed E-state index contributed by atoms with van der Waals surface area (Å²) in [5, 5.41) is 9.02. The highest BCUT2D eigenvalue weighted by Gasteiger charge is 2.30. The molecule has 1 fully saturated rings. The molecule has 3 heteroatoms. The van der Waals surface area contributed by atoms with Gasteiger partial charge in [-0.2, -0.15) is 17.9 Å². The summed E-state index contributed by atoms with van der Waals surface area (Å²) in [7, 11) is 0. The van der Waals surface area contributed by atoms with Crippen LogP contribution in [0, 0.1) is 30.6 Å². The zero-order valence-corrected chi connectivity index (χ0v) is 14.0. The van der Waals surface area contributed by atoms with Crippen molar-refractivity contribution in [2.45, 2.75) is 52.4 Å². The first-order chi connectivity index (χ1) is 10.1. The fourth-order valence-electron chi connectivity index (χ4n) is 3.29. The van der Waals surface area contributed by atoms with Crippen molar-refractivity contribution in [2.75, 3.05) is 12.4 Å². The van der Waals surface area contributed by atoms with E-state index in [1.54, 1.807) is 0 Å². The fraction of sp³-hybridized carbons (Fsp3) is 0.611. The lowest BCUT2D eigenvalue weighted by molar-refractivity contribution is 0.147. The van der Waals surface area contributed by atoms with Gasteiger partial charge < -0.3 is 4.74 Å². The molecule has 1 saturated carbocycles. The molecule has 0 unspecified atom stereocenters. The lowest BCUT2D eigenvalue weighted by atomic mass is 9.83. The molecular weight excluding hydrogens is 278 g/mol. The van der Waals surface area contributed by atoms with Crippen LogP contribution in [0.1, 0.15) is 55.2 Å². The van der Waals surface area contributed by atoms with E-state index < -0.39 is 0 Å². The minimum absolute atomic E-state index is 0.215. The van der Waals surface area contributed by atoms with Gasteiger partial charge in [-0.25, -0.2) is 0 Å². The minimum atomic E-state index is 0.215. The van der Waals surface area contributed by atoms with Crippen molar-refractivity contribution in [3.05, 3.63) is 28.8 Å². The van der Waals surface area contributed by atoms with E-state index in [-0.39, 0.29) is 5.41 Å². The van der Waals surface area contributed by atoms with Gasteiger partial charge in [0.05, 0.1) is 18.2 Å². The molecule has 1 aromatic carbocycles. The van der Waals surface area contributed by atoms with Crippen LogP contribution in [-0.2, 0) is 0 Å². The predicted molar refractivity (Wildman–Crippen MR) is 90.1 cm³/mol. The standard InChI is InChI=1S/C18H25NOS/c1-14-9-16(11-19)10-15(2)17(14)20-12-18(13-21)7-5-3-4-6-8-18/h9-10,21H,3-8,12-13H2,1-2H3. The van der Waals surface area contributed by atoms with Gasteiger partial charge in [0.2, 0.25) is 0 Å². The van der Waals surface area contributed by atoms with Gasteiger partial charge in [-0.3, -0.25) is 0 Å². The van der Waals surface area contributed by atoms with Crippen LogP contribution >= 0.6 is 12.6 Å². The van der Waals surface area contributed by atoms with Crippen LogP contribution in [0.2, 0.25) is 0 Å². The van der Waals surface area contributed by atoms with Gasteiger partial charge in [-0.05, 0) is 55.7 Å². The van der Waals surface area contributed by atoms with Crippen LogP contribution in [0.3, 0.4) is 0 Å². The van der Waals surface area contributed by atoms with E-state index in [1.807, 2.05) is 26.0 Å². The molecule has 21 heavy (non-hydrogen) atoms. The monoisotopic (exact) mass is 303 g/mol. The van der Waals surface area contributed by atoms with Gasteiger partial charge in [0.15, 0.2) is 0 Å². The van der Waals surface area contributed by atoms with Gasteiger partial charge in [0.25, 0.3) is 0 Å². The van der Waals surface area contributed by atoms with Crippen LogP contribution in [0.25, 0.3) is 0 Å². The predicted octanol–water partition coefficient (Wildman–Crippen LogP) is 4.82. The molecule has 1 aliphatic rings. The number of aryl methyl sites for hydroxylation is 2. The van der Waals surface area contributed by atoms with Crippen molar-refractivity contribution in [1.82, 2.24) is 0 Å². The molecule has 1 aliphatic carbocycles. The smallest absolute Gasteiger partial charge is 0.125 e. The summed E-state index contributed by atoms with van der Waals surface area (Å²) in [5.74, 6) is 1.83. The van der Waals surface area contributed by atoms with Crippen molar-refractivity contribution in [3.63, 3.8) is 0 Å². The highest BCUT2D eigenvalue weighted by atomic mass is 32.1. The molecule has 2 nitrogen and oxygen atoms in total. The fourth-order valence-corrected chi connectivity index (χ4v) is 3.70. The number of thiol groups is 1. The number of ether oxygens (including phenoxy) is 1. The SMILES string of the molecule is Cc1cc(C#N)cc(C)c1OCC1(CS)CCCCCC1. The Morgan fingerprint density at radius 2 is 1.71 bits per heavy atom. The molecule has 0 saturated heterocycles. The Balaban J connectivity index is 2.13. The Morgan fingerprint density at radius 3 is 2.19 bits per heavy atom. The summed E-state index contributed by atoms with van der Waals surface area (Å²) in [6.45, 7) is 4.78. The first kappa shape index (κ1) is 16.2. The Morgan fingerprint density at radius 1 is 1.14 bits per heavy atom. The highest BCUT2D eigenvalue weighted by molar-refractivity contribution is 7.80. The second-order valence-corrected chi connectivity index (χ2v) is 6.73. The molecule has 0 aliphatic heterocycles. The Labute approximate surface area is 133 Å². The average Bonchev–Trinajstić information content (AvgIpc) is 2.72. The van der Waals surface area contributed by atoms with E-state index >= 15 is 0 Å². The lowest BCUT2D eigenvalue weighted by Crippen LogP contribution is -2.30. The van der Waals surface area contributed by atoms with E-state index in [4.69, 9.17) is 10.00 Å². The van der Waals surface area contributed by atoms with E-state index in [9.17, 15) is 0 Å².